The average molecular weight is 541 g/mol. The lowest BCUT2D eigenvalue weighted by Crippen LogP contribution is -2.52. The van der Waals surface area contributed by atoms with Crippen LogP contribution < -0.4 is 15.5 Å². The van der Waals surface area contributed by atoms with Gasteiger partial charge in [0, 0.05) is 14.8 Å². The molecule has 0 unspecified atom stereocenters. The van der Waals surface area contributed by atoms with Crippen molar-refractivity contribution in [3.05, 3.63) is 93.1 Å². The Bertz CT molecular complexity index is 1100. The molecule has 0 saturated heterocycles. The predicted octanol–water partition coefficient (Wildman–Crippen LogP) is 5.38. The number of rotatable bonds is 7. The van der Waals surface area contributed by atoms with E-state index in [4.69, 9.17) is 4.74 Å². The van der Waals surface area contributed by atoms with Gasteiger partial charge >= 0.3 is 0 Å². The monoisotopic (exact) mass is 541 g/mol. The number of halogens is 1. The van der Waals surface area contributed by atoms with E-state index in [1.165, 1.54) is 5.01 Å². The van der Waals surface area contributed by atoms with Crippen LogP contribution in [0.15, 0.2) is 72.8 Å². The van der Waals surface area contributed by atoms with E-state index < -0.39 is 6.17 Å². The van der Waals surface area contributed by atoms with Gasteiger partial charge in [-0.05, 0) is 77.0 Å². The molecule has 164 valence electrons. The van der Waals surface area contributed by atoms with Crippen LogP contribution in [0.25, 0.3) is 0 Å². The van der Waals surface area contributed by atoms with Gasteiger partial charge in [0.25, 0.3) is 11.8 Å². The van der Waals surface area contributed by atoms with E-state index in [-0.39, 0.29) is 11.8 Å². The first-order chi connectivity index (χ1) is 15.6. The topological polar surface area (TPSA) is 70.7 Å². The molecule has 0 bridgehead atoms. The lowest BCUT2D eigenvalue weighted by atomic mass is 10.0. The van der Waals surface area contributed by atoms with Crippen molar-refractivity contribution in [2.45, 2.75) is 25.9 Å². The summed E-state index contributed by atoms with van der Waals surface area (Å²) < 4.78 is 6.61. The van der Waals surface area contributed by atoms with E-state index in [9.17, 15) is 9.59 Å². The highest BCUT2D eigenvalue weighted by Gasteiger charge is 2.34. The van der Waals surface area contributed by atoms with Gasteiger partial charge in [-0.3, -0.25) is 15.0 Å². The zero-order valence-corrected chi connectivity index (χ0v) is 19.8. The SMILES string of the molecule is CCCCOc1ccc(C(=O)NN2C(=O)c3cc(I)ccc3N[C@H]2c2ccccc2)cc1. The Morgan fingerprint density at radius 1 is 1.09 bits per heavy atom. The van der Waals surface area contributed by atoms with Crippen LogP contribution in [0.2, 0.25) is 0 Å². The van der Waals surface area contributed by atoms with Crippen molar-refractivity contribution in [2.24, 2.45) is 0 Å². The number of ether oxygens (including phenoxy) is 1. The number of anilines is 1. The molecule has 4 rings (SSSR count). The molecular formula is C25H24IN3O3. The summed E-state index contributed by atoms with van der Waals surface area (Å²) >= 11 is 2.17. The van der Waals surface area contributed by atoms with Crippen LogP contribution in [0, 0.1) is 3.57 Å². The molecule has 32 heavy (non-hydrogen) atoms. The third-order valence-corrected chi connectivity index (χ3v) is 5.87. The lowest BCUT2D eigenvalue weighted by molar-refractivity contribution is 0.0491. The fourth-order valence-corrected chi connectivity index (χ4v) is 3.96. The number of hydrazine groups is 1. The maximum absolute atomic E-state index is 13.4. The third kappa shape index (κ3) is 4.88. The normalized spacial score (nSPS) is 15.0. The second-order valence-corrected chi connectivity index (χ2v) is 8.74. The third-order valence-electron chi connectivity index (χ3n) is 5.20. The first-order valence-corrected chi connectivity index (χ1v) is 11.6. The van der Waals surface area contributed by atoms with Crippen molar-refractivity contribution in [1.82, 2.24) is 10.4 Å². The number of amides is 2. The average Bonchev–Trinajstić information content (AvgIpc) is 2.82. The lowest BCUT2D eigenvalue weighted by Gasteiger charge is -2.37. The van der Waals surface area contributed by atoms with Gasteiger partial charge in [0.1, 0.15) is 11.9 Å². The zero-order chi connectivity index (χ0) is 22.5. The number of unbranched alkanes of at least 4 members (excludes halogenated alkanes) is 1. The number of carbonyl (C=O) groups is 2. The van der Waals surface area contributed by atoms with Crippen molar-refractivity contribution >= 4 is 40.1 Å². The van der Waals surface area contributed by atoms with Crippen molar-refractivity contribution in [2.75, 3.05) is 11.9 Å². The molecule has 3 aromatic rings. The standard InChI is InChI=1S/C25H24IN3O3/c1-2-3-15-32-20-12-9-18(10-13-20)24(30)28-29-23(17-7-5-4-6-8-17)27-22-14-11-19(26)16-21(22)25(29)31/h4-14,16,23,27H,2-3,15H2,1H3,(H,28,30)/t23-/m1/s1. The molecule has 2 N–H and O–H groups in total. The summed E-state index contributed by atoms with van der Waals surface area (Å²) in [6.45, 7) is 2.75. The minimum Gasteiger partial charge on any atom is -0.494 e. The molecule has 0 aliphatic carbocycles. The molecule has 0 fully saturated rings. The molecular weight excluding hydrogens is 517 g/mol. The molecule has 0 saturated carbocycles. The molecule has 3 aromatic carbocycles. The Balaban J connectivity index is 1.58. The molecule has 1 atom stereocenters. The molecule has 0 spiro atoms. The number of hydrogen-bond donors (Lipinski definition) is 2. The van der Waals surface area contributed by atoms with Gasteiger partial charge in [-0.1, -0.05) is 43.7 Å². The van der Waals surface area contributed by atoms with Crippen LogP contribution >= 0.6 is 22.6 Å². The van der Waals surface area contributed by atoms with E-state index in [2.05, 4.69) is 40.3 Å². The Morgan fingerprint density at radius 3 is 2.56 bits per heavy atom. The maximum Gasteiger partial charge on any atom is 0.276 e. The van der Waals surface area contributed by atoms with Crippen LogP contribution in [0.5, 0.6) is 5.75 Å². The largest absolute Gasteiger partial charge is 0.494 e. The summed E-state index contributed by atoms with van der Waals surface area (Å²) in [6, 6.07) is 22.2. The van der Waals surface area contributed by atoms with E-state index in [0.29, 0.717) is 17.7 Å². The molecule has 6 nitrogen and oxygen atoms in total. The van der Waals surface area contributed by atoms with E-state index >= 15 is 0 Å². The van der Waals surface area contributed by atoms with Crippen molar-refractivity contribution in [3.8, 4) is 5.75 Å². The Morgan fingerprint density at radius 2 is 1.84 bits per heavy atom. The first-order valence-electron chi connectivity index (χ1n) is 10.5. The summed E-state index contributed by atoms with van der Waals surface area (Å²) in [6.07, 6.45) is 1.51. The fourth-order valence-electron chi connectivity index (χ4n) is 3.47. The van der Waals surface area contributed by atoms with Crippen molar-refractivity contribution in [3.63, 3.8) is 0 Å². The van der Waals surface area contributed by atoms with Gasteiger partial charge in [-0.15, -0.1) is 0 Å². The predicted molar refractivity (Wildman–Crippen MR) is 132 cm³/mol. The van der Waals surface area contributed by atoms with Crippen molar-refractivity contribution in [1.29, 1.82) is 0 Å². The van der Waals surface area contributed by atoms with Gasteiger partial charge in [-0.2, -0.15) is 0 Å². The summed E-state index contributed by atoms with van der Waals surface area (Å²) in [5.74, 6) is 0.0886. The highest BCUT2D eigenvalue weighted by Crippen LogP contribution is 2.33. The van der Waals surface area contributed by atoms with E-state index in [1.807, 2.05) is 48.5 Å². The minimum atomic E-state index is -0.531. The van der Waals surface area contributed by atoms with Crippen LogP contribution in [-0.2, 0) is 0 Å². The number of fused-ring (bicyclic) bond motifs is 1. The molecule has 1 aliphatic rings. The highest BCUT2D eigenvalue weighted by atomic mass is 127. The number of carbonyl (C=O) groups excluding carboxylic acids is 2. The summed E-state index contributed by atoms with van der Waals surface area (Å²) in [5, 5.41) is 4.75. The van der Waals surface area contributed by atoms with Gasteiger partial charge in [0.05, 0.1) is 12.2 Å². The number of hydrogen-bond acceptors (Lipinski definition) is 4. The van der Waals surface area contributed by atoms with Gasteiger partial charge < -0.3 is 10.1 Å². The smallest absolute Gasteiger partial charge is 0.276 e. The second-order valence-electron chi connectivity index (χ2n) is 7.49. The maximum atomic E-state index is 13.4. The molecule has 7 heteroatoms. The van der Waals surface area contributed by atoms with Crippen LogP contribution in [-0.4, -0.2) is 23.4 Å². The molecule has 1 aliphatic heterocycles. The van der Waals surface area contributed by atoms with Crippen molar-refractivity contribution < 1.29 is 14.3 Å². The molecule has 2 amide bonds. The van der Waals surface area contributed by atoms with Crippen LogP contribution in [0.1, 0.15) is 52.2 Å². The van der Waals surface area contributed by atoms with Crippen LogP contribution in [0.4, 0.5) is 5.69 Å². The number of benzene rings is 3. The number of nitrogens with zero attached hydrogens (tertiary/aromatic N) is 1. The second kappa shape index (κ2) is 10.0. The molecule has 1 heterocycles. The summed E-state index contributed by atoms with van der Waals surface area (Å²) in [4.78, 5) is 26.4. The quantitative estimate of drug-likeness (QED) is 0.311. The van der Waals surface area contributed by atoms with Gasteiger partial charge in [0.2, 0.25) is 0 Å². The first kappa shape index (κ1) is 22.1. The van der Waals surface area contributed by atoms with E-state index in [0.717, 1.165) is 33.4 Å². The number of nitrogens with one attached hydrogen (secondary N) is 2. The molecule has 0 radical (unpaired) electrons. The Kier molecular flexibility index (Phi) is 6.94. The van der Waals surface area contributed by atoms with Gasteiger partial charge in [0.15, 0.2) is 0 Å². The summed E-state index contributed by atoms with van der Waals surface area (Å²) in [7, 11) is 0. The molecule has 0 aromatic heterocycles. The Hall–Kier alpha value is -3.07. The van der Waals surface area contributed by atoms with Gasteiger partial charge in [-0.25, -0.2) is 5.01 Å². The fraction of sp³-hybridized carbons (Fsp3) is 0.200. The zero-order valence-electron chi connectivity index (χ0n) is 17.7. The minimum absolute atomic E-state index is 0.265. The Labute approximate surface area is 201 Å². The summed E-state index contributed by atoms with van der Waals surface area (Å²) in [5.41, 5.74) is 5.37. The van der Waals surface area contributed by atoms with E-state index in [1.54, 1.807) is 24.3 Å². The van der Waals surface area contributed by atoms with Crippen LogP contribution in [0.3, 0.4) is 0 Å². The highest BCUT2D eigenvalue weighted by molar-refractivity contribution is 14.1.